The minimum atomic E-state index is 0.161. The molecule has 2 rings (SSSR count). The van der Waals surface area contributed by atoms with Crippen molar-refractivity contribution in [1.82, 2.24) is 9.80 Å². The predicted molar refractivity (Wildman–Crippen MR) is 93.6 cm³/mol. The summed E-state index contributed by atoms with van der Waals surface area (Å²) in [6.45, 7) is 3.92. The maximum atomic E-state index is 12.9. The van der Waals surface area contributed by atoms with Gasteiger partial charge in [-0.25, -0.2) is 0 Å². The van der Waals surface area contributed by atoms with E-state index in [1.54, 1.807) is 0 Å². The lowest BCUT2D eigenvalue weighted by Crippen LogP contribution is -2.50. The topological polar surface area (TPSA) is 43.8 Å². The lowest BCUT2D eigenvalue weighted by molar-refractivity contribution is 0.0495. The van der Waals surface area contributed by atoms with Crippen LogP contribution in [0.1, 0.15) is 42.1 Å². The Balaban J connectivity index is 2.12. The van der Waals surface area contributed by atoms with E-state index >= 15 is 0 Å². The molecule has 4 nitrogen and oxygen atoms in total. The van der Waals surface area contributed by atoms with Crippen LogP contribution in [0.3, 0.4) is 0 Å². The lowest BCUT2D eigenvalue weighted by Gasteiger charge is -2.42. The molecule has 1 aromatic carbocycles. The Morgan fingerprint density at radius 2 is 2.09 bits per heavy atom. The molecular formula is C19H30N2O2. The van der Waals surface area contributed by atoms with Crippen LogP contribution >= 0.6 is 0 Å². The first-order chi connectivity index (χ1) is 11.1. The summed E-state index contributed by atoms with van der Waals surface area (Å²) in [5, 5.41) is 9.15. The van der Waals surface area contributed by atoms with Crippen LogP contribution in [0.5, 0.6) is 0 Å². The van der Waals surface area contributed by atoms with E-state index in [0.29, 0.717) is 12.0 Å². The van der Waals surface area contributed by atoms with Gasteiger partial charge in [-0.15, -0.1) is 0 Å². The summed E-state index contributed by atoms with van der Waals surface area (Å²) in [6, 6.07) is 8.43. The van der Waals surface area contributed by atoms with Crippen LogP contribution in [0.15, 0.2) is 24.3 Å². The highest BCUT2D eigenvalue weighted by Crippen LogP contribution is 2.26. The molecule has 0 aliphatic carbocycles. The van der Waals surface area contributed by atoms with E-state index in [0.717, 1.165) is 49.9 Å². The molecule has 4 heteroatoms. The zero-order valence-electron chi connectivity index (χ0n) is 14.7. The summed E-state index contributed by atoms with van der Waals surface area (Å²) < 4.78 is 0. The second-order valence-corrected chi connectivity index (χ2v) is 6.71. The molecule has 0 spiro atoms. The summed E-state index contributed by atoms with van der Waals surface area (Å²) in [5.41, 5.74) is 1.97. The van der Waals surface area contributed by atoms with Crippen LogP contribution in [0.2, 0.25) is 0 Å². The molecule has 1 amide bonds. The molecule has 2 atom stereocenters. The lowest BCUT2D eigenvalue weighted by atomic mass is 9.87. The van der Waals surface area contributed by atoms with Crippen molar-refractivity contribution >= 4 is 5.91 Å². The van der Waals surface area contributed by atoms with Crippen molar-refractivity contribution in [1.29, 1.82) is 0 Å². The van der Waals surface area contributed by atoms with Gasteiger partial charge in [0, 0.05) is 31.3 Å². The minimum absolute atomic E-state index is 0.161. The maximum Gasteiger partial charge on any atom is 0.254 e. The Kier molecular flexibility index (Phi) is 6.60. The SMILES string of the molecule is CCc1ccccc1C(=O)N1CC[C@H](N(C)C)[C@H](CCCO)C1. The van der Waals surface area contributed by atoms with Gasteiger partial charge >= 0.3 is 0 Å². The highest BCUT2D eigenvalue weighted by Gasteiger charge is 2.32. The van der Waals surface area contributed by atoms with Gasteiger partial charge in [0.2, 0.25) is 0 Å². The molecular weight excluding hydrogens is 288 g/mol. The smallest absolute Gasteiger partial charge is 0.254 e. The number of hydrogen-bond donors (Lipinski definition) is 1. The second-order valence-electron chi connectivity index (χ2n) is 6.71. The van der Waals surface area contributed by atoms with Crippen molar-refractivity contribution < 1.29 is 9.90 Å². The van der Waals surface area contributed by atoms with Gasteiger partial charge in [-0.05, 0) is 57.3 Å². The summed E-state index contributed by atoms with van der Waals surface area (Å²) in [5.74, 6) is 0.595. The normalized spacial score (nSPS) is 21.7. The molecule has 1 aliphatic rings. The highest BCUT2D eigenvalue weighted by atomic mass is 16.2. The van der Waals surface area contributed by atoms with E-state index in [1.165, 1.54) is 0 Å². The first kappa shape index (κ1) is 18.0. The van der Waals surface area contributed by atoms with Crippen molar-refractivity contribution in [3.05, 3.63) is 35.4 Å². The van der Waals surface area contributed by atoms with Gasteiger partial charge in [0.05, 0.1) is 0 Å². The van der Waals surface area contributed by atoms with Crippen LogP contribution in [0.4, 0.5) is 0 Å². The standard InChI is InChI=1S/C19H30N2O2/c1-4-15-8-5-6-10-17(15)19(23)21-12-11-18(20(2)3)16(14-21)9-7-13-22/h5-6,8,10,16,18,22H,4,7,9,11-14H2,1-3H3/t16-,18+/m1/s1. The van der Waals surface area contributed by atoms with E-state index in [4.69, 9.17) is 5.11 Å². The van der Waals surface area contributed by atoms with Crippen LogP contribution in [0.25, 0.3) is 0 Å². The molecule has 1 aliphatic heterocycles. The van der Waals surface area contributed by atoms with Gasteiger partial charge in [-0.1, -0.05) is 25.1 Å². The van der Waals surface area contributed by atoms with E-state index < -0.39 is 0 Å². The molecule has 1 saturated heterocycles. The highest BCUT2D eigenvalue weighted by molar-refractivity contribution is 5.95. The third-order valence-corrected chi connectivity index (χ3v) is 5.01. The third-order valence-electron chi connectivity index (χ3n) is 5.01. The van der Waals surface area contributed by atoms with Crippen molar-refractivity contribution in [3.8, 4) is 0 Å². The summed E-state index contributed by atoms with van der Waals surface area (Å²) in [4.78, 5) is 17.2. The summed E-state index contributed by atoms with van der Waals surface area (Å²) in [7, 11) is 4.22. The van der Waals surface area contributed by atoms with Crippen LogP contribution in [-0.4, -0.2) is 60.6 Å². The fourth-order valence-corrected chi connectivity index (χ4v) is 3.73. The molecule has 1 fully saturated rings. The van der Waals surface area contributed by atoms with E-state index in [-0.39, 0.29) is 12.5 Å². The maximum absolute atomic E-state index is 12.9. The molecule has 0 aromatic heterocycles. The number of carbonyl (C=O) groups is 1. The molecule has 128 valence electrons. The van der Waals surface area contributed by atoms with Gasteiger partial charge in [-0.3, -0.25) is 4.79 Å². The molecule has 1 N–H and O–H groups in total. The largest absolute Gasteiger partial charge is 0.396 e. The van der Waals surface area contributed by atoms with Crippen molar-refractivity contribution in [2.45, 2.75) is 38.6 Å². The number of aliphatic hydroxyl groups is 1. The van der Waals surface area contributed by atoms with Gasteiger partial charge in [0.25, 0.3) is 5.91 Å². The van der Waals surface area contributed by atoms with Gasteiger partial charge in [0.1, 0.15) is 0 Å². The van der Waals surface area contributed by atoms with E-state index in [9.17, 15) is 4.79 Å². The Labute approximate surface area is 140 Å². The van der Waals surface area contributed by atoms with Gasteiger partial charge in [-0.2, -0.15) is 0 Å². The number of benzene rings is 1. The molecule has 0 saturated carbocycles. The number of likely N-dealkylation sites (tertiary alicyclic amines) is 1. The molecule has 0 unspecified atom stereocenters. The van der Waals surface area contributed by atoms with E-state index in [2.05, 4.69) is 25.9 Å². The number of carbonyl (C=O) groups excluding carboxylic acids is 1. The summed E-state index contributed by atoms with van der Waals surface area (Å²) in [6.07, 6.45) is 3.66. The Bertz CT molecular complexity index is 516. The minimum Gasteiger partial charge on any atom is -0.396 e. The number of piperidine rings is 1. The van der Waals surface area contributed by atoms with Crippen molar-refractivity contribution in [2.75, 3.05) is 33.8 Å². The first-order valence-corrected chi connectivity index (χ1v) is 8.73. The Hall–Kier alpha value is -1.39. The fraction of sp³-hybridized carbons (Fsp3) is 0.632. The van der Waals surface area contributed by atoms with Gasteiger partial charge < -0.3 is 14.9 Å². The fourth-order valence-electron chi connectivity index (χ4n) is 3.73. The molecule has 1 aromatic rings. The number of hydrogen-bond acceptors (Lipinski definition) is 3. The number of amides is 1. The first-order valence-electron chi connectivity index (χ1n) is 8.73. The van der Waals surface area contributed by atoms with Crippen LogP contribution in [-0.2, 0) is 6.42 Å². The zero-order chi connectivity index (χ0) is 16.8. The summed E-state index contributed by atoms with van der Waals surface area (Å²) >= 11 is 0. The Morgan fingerprint density at radius 3 is 2.74 bits per heavy atom. The van der Waals surface area contributed by atoms with E-state index in [1.807, 2.05) is 29.2 Å². The number of aryl methyl sites for hydroxylation is 1. The average Bonchev–Trinajstić information content (AvgIpc) is 2.58. The van der Waals surface area contributed by atoms with Crippen LogP contribution < -0.4 is 0 Å². The second kappa shape index (κ2) is 8.46. The predicted octanol–water partition coefficient (Wildman–Crippen LogP) is 2.41. The number of rotatable bonds is 6. The number of nitrogens with zero attached hydrogens (tertiary/aromatic N) is 2. The quantitative estimate of drug-likeness (QED) is 0.876. The van der Waals surface area contributed by atoms with Crippen molar-refractivity contribution in [2.24, 2.45) is 5.92 Å². The Morgan fingerprint density at radius 1 is 1.35 bits per heavy atom. The van der Waals surface area contributed by atoms with Gasteiger partial charge in [0.15, 0.2) is 0 Å². The number of aliphatic hydroxyl groups excluding tert-OH is 1. The molecule has 0 bridgehead atoms. The zero-order valence-corrected chi connectivity index (χ0v) is 14.7. The molecule has 23 heavy (non-hydrogen) atoms. The molecule has 1 heterocycles. The monoisotopic (exact) mass is 318 g/mol. The van der Waals surface area contributed by atoms with Crippen molar-refractivity contribution in [3.63, 3.8) is 0 Å². The average molecular weight is 318 g/mol. The van der Waals surface area contributed by atoms with Crippen LogP contribution in [0, 0.1) is 5.92 Å². The third kappa shape index (κ3) is 4.33. The molecule has 0 radical (unpaired) electrons.